The number of rotatable bonds is 8. The molecule has 0 fully saturated rings. The van der Waals surface area contributed by atoms with Gasteiger partial charge in [0.1, 0.15) is 5.82 Å². The number of ether oxygens (including phenoxy) is 2. The minimum Gasteiger partial charge on any atom is -0.454 e. The number of carbonyl (C=O) groups excluding carboxylic acids is 1. The minimum atomic E-state index is -0.189. The molecule has 0 unspecified atom stereocenters. The van der Waals surface area contributed by atoms with E-state index >= 15 is 0 Å². The van der Waals surface area contributed by atoms with Crippen LogP contribution in [0.1, 0.15) is 17.5 Å². The lowest BCUT2D eigenvalue weighted by Crippen LogP contribution is -2.28. The molecule has 0 saturated heterocycles. The molecule has 2 N–H and O–H groups in total. The van der Waals surface area contributed by atoms with Crippen molar-refractivity contribution in [3.8, 4) is 11.5 Å². The maximum Gasteiger partial charge on any atom is 0.231 e. The van der Waals surface area contributed by atoms with Crippen LogP contribution in [0.3, 0.4) is 0 Å². The molecular weight excluding hydrogens is 323 g/mol. The van der Waals surface area contributed by atoms with Crippen molar-refractivity contribution in [3.05, 3.63) is 59.4 Å². The summed E-state index contributed by atoms with van der Waals surface area (Å²) in [6, 6.07) is 12.3. The summed E-state index contributed by atoms with van der Waals surface area (Å²) in [6.45, 7) is 1.88. The Labute approximate surface area is 146 Å². The van der Waals surface area contributed by atoms with Gasteiger partial charge in [0.2, 0.25) is 12.7 Å². The fourth-order valence-electron chi connectivity index (χ4n) is 2.59. The summed E-state index contributed by atoms with van der Waals surface area (Å²) in [7, 11) is 0. The van der Waals surface area contributed by atoms with E-state index in [0.717, 1.165) is 11.3 Å². The molecule has 0 radical (unpaired) electrons. The smallest absolute Gasteiger partial charge is 0.231 e. The average molecular weight is 344 g/mol. The first-order chi connectivity index (χ1) is 12.2. The van der Waals surface area contributed by atoms with E-state index in [2.05, 4.69) is 10.6 Å². The van der Waals surface area contributed by atoms with Gasteiger partial charge < -0.3 is 20.1 Å². The zero-order valence-corrected chi connectivity index (χ0v) is 13.9. The standard InChI is InChI=1S/C19H21FN2O3/c20-16-4-2-1-3-15(16)7-9-21-10-8-19(23)22-12-14-5-6-17-18(11-14)25-13-24-17/h1-6,11,21H,7-10,12-13H2,(H,22,23). The maximum absolute atomic E-state index is 13.5. The summed E-state index contributed by atoms with van der Waals surface area (Å²) < 4.78 is 24.0. The highest BCUT2D eigenvalue weighted by Crippen LogP contribution is 2.32. The van der Waals surface area contributed by atoms with Crippen molar-refractivity contribution >= 4 is 5.91 Å². The van der Waals surface area contributed by atoms with E-state index in [9.17, 15) is 9.18 Å². The van der Waals surface area contributed by atoms with Crippen LogP contribution in [0.4, 0.5) is 4.39 Å². The molecule has 132 valence electrons. The molecular formula is C19H21FN2O3. The van der Waals surface area contributed by atoms with Gasteiger partial charge in [-0.05, 0) is 42.3 Å². The average Bonchev–Trinajstić information content (AvgIpc) is 3.09. The van der Waals surface area contributed by atoms with Crippen LogP contribution in [0, 0.1) is 5.82 Å². The summed E-state index contributed by atoms with van der Waals surface area (Å²) in [5.41, 5.74) is 1.65. The third kappa shape index (κ3) is 4.93. The number of amides is 1. The number of benzene rings is 2. The van der Waals surface area contributed by atoms with Gasteiger partial charge in [-0.1, -0.05) is 24.3 Å². The molecule has 1 heterocycles. The monoisotopic (exact) mass is 344 g/mol. The summed E-state index contributed by atoms with van der Waals surface area (Å²) in [4.78, 5) is 11.9. The molecule has 2 aromatic rings. The molecule has 0 saturated carbocycles. The van der Waals surface area contributed by atoms with Gasteiger partial charge in [0, 0.05) is 19.5 Å². The van der Waals surface area contributed by atoms with Gasteiger partial charge in [0.25, 0.3) is 0 Å². The first kappa shape index (κ1) is 17.2. The van der Waals surface area contributed by atoms with Crippen molar-refractivity contribution < 1.29 is 18.7 Å². The number of hydrogen-bond donors (Lipinski definition) is 2. The highest BCUT2D eigenvalue weighted by molar-refractivity contribution is 5.76. The largest absolute Gasteiger partial charge is 0.454 e. The zero-order valence-electron chi connectivity index (χ0n) is 13.9. The molecule has 0 aromatic heterocycles. The molecule has 6 heteroatoms. The molecule has 0 bridgehead atoms. The van der Waals surface area contributed by atoms with Crippen molar-refractivity contribution in [1.29, 1.82) is 0 Å². The lowest BCUT2D eigenvalue weighted by Gasteiger charge is -2.08. The normalized spacial score (nSPS) is 12.2. The topological polar surface area (TPSA) is 59.6 Å². The molecule has 3 rings (SSSR count). The Balaban J connectivity index is 1.31. The van der Waals surface area contributed by atoms with E-state index in [1.807, 2.05) is 24.3 Å². The Morgan fingerprint density at radius 2 is 1.92 bits per heavy atom. The summed E-state index contributed by atoms with van der Waals surface area (Å²) in [5.74, 6) is 1.22. The second kappa shape index (κ2) is 8.48. The van der Waals surface area contributed by atoms with E-state index in [0.29, 0.717) is 43.8 Å². The summed E-state index contributed by atoms with van der Waals surface area (Å²) >= 11 is 0. The maximum atomic E-state index is 13.5. The Bertz CT molecular complexity index is 736. The van der Waals surface area contributed by atoms with E-state index < -0.39 is 0 Å². The van der Waals surface area contributed by atoms with Crippen LogP contribution in [0.2, 0.25) is 0 Å². The predicted octanol–water partition coefficient (Wildman–Crippen LogP) is 2.39. The van der Waals surface area contributed by atoms with Crippen LogP contribution in [-0.4, -0.2) is 25.8 Å². The fraction of sp³-hybridized carbons (Fsp3) is 0.316. The Hall–Kier alpha value is -2.60. The molecule has 0 atom stereocenters. The number of fused-ring (bicyclic) bond motifs is 1. The Kier molecular flexibility index (Phi) is 5.85. The lowest BCUT2D eigenvalue weighted by atomic mass is 10.1. The van der Waals surface area contributed by atoms with E-state index in [1.165, 1.54) is 6.07 Å². The van der Waals surface area contributed by atoms with Crippen molar-refractivity contribution in [2.24, 2.45) is 0 Å². The van der Waals surface area contributed by atoms with Crippen molar-refractivity contribution in [2.45, 2.75) is 19.4 Å². The minimum absolute atomic E-state index is 0.0314. The van der Waals surface area contributed by atoms with Crippen molar-refractivity contribution in [2.75, 3.05) is 19.9 Å². The van der Waals surface area contributed by atoms with Gasteiger partial charge >= 0.3 is 0 Å². The molecule has 25 heavy (non-hydrogen) atoms. The molecule has 5 nitrogen and oxygen atoms in total. The Morgan fingerprint density at radius 1 is 1.08 bits per heavy atom. The number of nitrogens with one attached hydrogen (secondary N) is 2. The van der Waals surface area contributed by atoms with Crippen LogP contribution in [0.15, 0.2) is 42.5 Å². The molecule has 1 aliphatic rings. The third-order valence-electron chi connectivity index (χ3n) is 3.98. The van der Waals surface area contributed by atoms with Crippen LogP contribution in [0.25, 0.3) is 0 Å². The van der Waals surface area contributed by atoms with Gasteiger partial charge in [-0.2, -0.15) is 0 Å². The Morgan fingerprint density at radius 3 is 2.80 bits per heavy atom. The van der Waals surface area contributed by atoms with Gasteiger partial charge in [0.05, 0.1) is 0 Å². The first-order valence-electron chi connectivity index (χ1n) is 8.32. The molecule has 1 aliphatic heterocycles. The van der Waals surface area contributed by atoms with E-state index in [-0.39, 0.29) is 18.5 Å². The van der Waals surface area contributed by atoms with Crippen molar-refractivity contribution in [1.82, 2.24) is 10.6 Å². The van der Waals surface area contributed by atoms with Gasteiger partial charge in [-0.25, -0.2) is 4.39 Å². The molecule has 0 spiro atoms. The van der Waals surface area contributed by atoms with E-state index in [4.69, 9.17) is 9.47 Å². The van der Waals surface area contributed by atoms with Crippen molar-refractivity contribution in [3.63, 3.8) is 0 Å². The number of halogens is 1. The molecule has 2 aromatic carbocycles. The van der Waals surface area contributed by atoms with Crippen LogP contribution in [-0.2, 0) is 17.8 Å². The third-order valence-corrected chi connectivity index (χ3v) is 3.98. The van der Waals surface area contributed by atoms with Crippen LogP contribution >= 0.6 is 0 Å². The quantitative estimate of drug-likeness (QED) is 0.722. The first-order valence-corrected chi connectivity index (χ1v) is 8.32. The second-order valence-electron chi connectivity index (χ2n) is 5.81. The summed E-state index contributed by atoms with van der Waals surface area (Å²) in [5, 5.41) is 6.03. The second-order valence-corrected chi connectivity index (χ2v) is 5.81. The zero-order chi connectivity index (χ0) is 17.5. The van der Waals surface area contributed by atoms with Gasteiger partial charge in [-0.3, -0.25) is 4.79 Å². The SMILES string of the molecule is O=C(CCNCCc1ccccc1F)NCc1ccc2c(c1)OCO2. The number of carbonyl (C=O) groups is 1. The summed E-state index contributed by atoms with van der Waals surface area (Å²) in [6.07, 6.45) is 0.979. The van der Waals surface area contributed by atoms with Gasteiger partial charge in [0.15, 0.2) is 11.5 Å². The predicted molar refractivity (Wildman–Crippen MR) is 92.0 cm³/mol. The highest BCUT2D eigenvalue weighted by atomic mass is 19.1. The van der Waals surface area contributed by atoms with Gasteiger partial charge in [-0.15, -0.1) is 0 Å². The lowest BCUT2D eigenvalue weighted by molar-refractivity contribution is -0.121. The molecule has 1 amide bonds. The molecule has 0 aliphatic carbocycles. The highest BCUT2D eigenvalue weighted by Gasteiger charge is 2.13. The van der Waals surface area contributed by atoms with Crippen LogP contribution in [0.5, 0.6) is 11.5 Å². The fourth-order valence-corrected chi connectivity index (χ4v) is 2.59. The number of hydrogen-bond acceptors (Lipinski definition) is 4. The van der Waals surface area contributed by atoms with E-state index in [1.54, 1.807) is 12.1 Å². The van der Waals surface area contributed by atoms with Crippen LogP contribution < -0.4 is 20.1 Å².